The first-order valence-electron chi connectivity index (χ1n) is 11.2. The number of ether oxygens (including phenoxy) is 4. The maximum absolute atomic E-state index is 12.4. The fourth-order valence-corrected chi connectivity index (χ4v) is 3.71. The molecular weight excluding hydrogens is 448 g/mol. The van der Waals surface area contributed by atoms with Gasteiger partial charge in [-0.2, -0.15) is 0 Å². The number of nitrogens with zero attached hydrogens (tertiary/aromatic N) is 2. The highest BCUT2D eigenvalue weighted by atomic mass is 16.5. The monoisotopic (exact) mass is 482 g/mol. The molecular formula is C23H34N2O9. The van der Waals surface area contributed by atoms with Crippen LogP contribution < -0.4 is 9.47 Å². The first-order chi connectivity index (χ1) is 16.3. The fourth-order valence-electron chi connectivity index (χ4n) is 3.71. The number of aliphatic carboxylic acids is 2. The summed E-state index contributed by atoms with van der Waals surface area (Å²) in [7, 11) is 3.30. The maximum Gasteiger partial charge on any atom is 0.414 e. The van der Waals surface area contributed by atoms with E-state index in [2.05, 4.69) is 4.90 Å². The zero-order chi connectivity index (χ0) is 24.9. The lowest BCUT2D eigenvalue weighted by molar-refractivity contribution is -0.159. The molecule has 1 aromatic rings. The molecule has 3 rings (SSSR count). The van der Waals surface area contributed by atoms with Crippen LogP contribution in [-0.2, 0) is 30.5 Å². The quantitative estimate of drug-likeness (QED) is 0.516. The number of carboxylic acid groups (broad SMARTS) is 2. The highest BCUT2D eigenvalue weighted by molar-refractivity contribution is 6.27. The molecule has 2 heterocycles. The molecule has 0 atom stereocenters. The molecule has 2 aliphatic rings. The molecule has 2 fully saturated rings. The van der Waals surface area contributed by atoms with Crippen molar-refractivity contribution in [1.82, 2.24) is 9.80 Å². The van der Waals surface area contributed by atoms with Crippen molar-refractivity contribution < 1.29 is 43.5 Å². The number of benzene rings is 1. The van der Waals surface area contributed by atoms with Crippen molar-refractivity contribution in [1.29, 1.82) is 0 Å². The summed E-state index contributed by atoms with van der Waals surface area (Å²) < 4.78 is 21.9. The number of rotatable bonds is 8. The second-order valence-electron chi connectivity index (χ2n) is 8.06. The molecule has 1 amide bonds. The van der Waals surface area contributed by atoms with Crippen molar-refractivity contribution in [2.45, 2.75) is 19.4 Å². The van der Waals surface area contributed by atoms with Gasteiger partial charge in [-0.15, -0.1) is 0 Å². The van der Waals surface area contributed by atoms with E-state index in [9.17, 15) is 4.79 Å². The van der Waals surface area contributed by atoms with E-state index in [0.29, 0.717) is 32.3 Å². The van der Waals surface area contributed by atoms with E-state index < -0.39 is 11.9 Å². The van der Waals surface area contributed by atoms with Crippen LogP contribution in [0.2, 0.25) is 0 Å². The number of carboxylic acids is 2. The summed E-state index contributed by atoms with van der Waals surface area (Å²) >= 11 is 0. The predicted octanol–water partition coefficient (Wildman–Crippen LogP) is 0.947. The zero-order valence-corrected chi connectivity index (χ0v) is 19.7. The third-order valence-electron chi connectivity index (χ3n) is 5.65. The normalized spacial score (nSPS) is 16.8. The molecule has 1 aromatic carbocycles. The van der Waals surface area contributed by atoms with Crippen molar-refractivity contribution in [3.05, 3.63) is 23.8 Å². The number of hydrogen-bond donors (Lipinski definition) is 2. The van der Waals surface area contributed by atoms with Gasteiger partial charge in [-0.1, -0.05) is 0 Å². The number of hydrogen-bond acceptors (Lipinski definition) is 8. The molecule has 190 valence electrons. The minimum absolute atomic E-state index is 0.227. The van der Waals surface area contributed by atoms with Gasteiger partial charge >= 0.3 is 11.9 Å². The van der Waals surface area contributed by atoms with Gasteiger partial charge in [0.1, 0.15) is 11.5 Å². The molecule has 2 aliphatic heterocycles. The largest absolute Gasteiger partial charge is 0.497 e. The number of carbonyl (C=O) groups excluding carboxylic acids is 1. The molecule has 0 radical (unpaired) electrons. The molecule has 0 spiro atoms. The van der Waals surface area contributed by atoms with Crippen molar-refractivity contribution >= 4 is 17.8 Å². The Labute approximate surface area is 199 Å². The summed E-state index contributed by atoms with van der Waals surface area (Å²) in [4.78, 5) is 34.7. The van der Waals surface area contributed by atoms with Crippen LogP contribution in [0.3, 0.4) is 0 Å². The Bertz CT molecular complexity index is 769. The van der Waals surface area contributed by atoms with Crippen LogP contribution in [-0.4, -0.2) is 105 Å². The fraction of sp³-hybridized carbons (Fsp3) is 0.609. The maximum atomic E-state index is 12.4. The van der Waals surface area contributed by atoms with Gasteiger partial charge in [0, 0.05) is 25.8 Å². The summed E-state index contributed by atoms with van der Waals surface area (Å²) in [5, 5.41) is 14.8. The van der Waals surface area contributed by atoms with E-state index in [4.69, 9.17) is 38.7 Å². The lowest BCUT2D eigenvalue weighted by Gasteiger charge is -2.34. The van der Waals surface area contributed by atoms with E-state index in [-0.39, 0.29) is 5.91 Å². The van der Waals surface area contributed by atoms with Gasteiger partial charge in [0.2, 0.25) is 5.91 Å². The van der Waals surface area contributed by atoms with Crippen LogP contribution >= 0.6 is 0 Å². The van der Waals surface area contributed by atoms with Gasteiger partial charge in [0.25, 0.3) is 0 Å². The number of piperidine rings is 1. The lowest BCUT2D eigenvalue weighted by Crippen LogP contribution is -2.47. The molecule has 2 saturated heterocycles. The van der Waals surface area contributed by atoms with Crippen LogP contribution in [0.15, 0.2) is 18.2 Å². The molecule has 0 aromatic heterocycles. The van der Waals surface area contributed by atoms with Gasteiger partial charge in [0.15, 0.2) is 0 Å². The summed E-state index contributed by atoms with van der Waals surface area (Å²) in [5.41, 5.74) is 1.05. The Balaban J connectivity index is 0.000000604. The average molecular weight is 483 g/mol. The zero-order valence-electron chi connectivity index (χ0n) is 19.7. The summed E-state index contributed by atoms with van der Waals surface area (Å²) in [5.74, 6) is -1.33. The van der Waals surface area contributed by atoms with Crippen molar-refractivity contribution in [2.24, 2.45) is 5.92 Å². The van der Waals surface area contributed by atoms with Gasteiger partial charge < -0.3 is 34.1 Å². The SMILES string of the molecule is COc1cc(COCC2CCN(CC(=O)N3CCOCC3)CC2)cc(OC)c1.O=C(O)C(=O)O. The predicted molar refractivity (Wildman–Crippen MR) is 121 cm³/mol. The molecule has 11 nitrogen and oxygen atoms in total. The van der Waals surface area contributed by atoms with E-state index in [1.165, 1.54) is 0 Å². The lowest BCUT2D eigenvalue weighted by atomic mass is 9.98. The van der Waals surface area contributed by atoms with Crippen LogP contribution in [0, 0.1) is 5.92 Å². The third-order valence-corrected chi connectivity index (χ3v) is 5.65. The van der Waals surface area contributed by atoms with Crippen LogP contribution in [0.25, 0.3) is 0 Å². The second kappa shape index (κ2) is 14.4. The Morgan fingerprint density at radius 1 is 0.941 bits per heavy atom. The van der Waals surface area contributed by atoms with Crippen LogP contribution in [0.1, 0.15) is 18.4 Å². The topological polar surface area (TPSA) is 135 Å². The second-order valence-corrected chi connectivity index (χ2v) is 8.06. The Morgan fingerprint density at radius 2 is 1.50 bits per heavy atom. The van der Waals surface area contributed by atoms with E-state index in [1.807, 2.05) is 23.1 Å². The molecule has 0 saturated carbocycles. The van der Waals surface area contributed by atoms with Crippen molar-refractivity contribution in [3.63, 3.8) is 0 Å². The van der Waals surface area contributed by atoms with Crippen LogP contribution in [0.5, 0.6) is 11.5 Å². The first kappa shape index (κ1) is 27.4. The highest BCUT2D eigenvalue weighted by Gasteiger charge is 2.24. The number of likely N-dealkylation sites (tertiary alicyclic amines) is 1. The number of morpholine rings is 1. The van der Waals surface area contributed by atoms with Crippen LogP contribution in [0.4, 0.5) is 0 Å². The van der Waals surface area contributed by atoms with E-state index >= 15 is 0 Å². The van der Waals surface area contributed by atoms with Gasteiger partial charge in [-0.3, -0.25) is 9.69 Å². The molecule has 2 N–H and O–H groups in total. The molecule has 34 heavy (non-hydrogen) atoms. The minimum Gasteiger partial charge on any atom is -0.497 e. The summed E-state index contributed by atoms with van der Waals surface area (Å²) in [6.45, 7) is 6.48. The molecule has 0 bridgehead atoms. The van der Waals surface area contributed by atoms with Gasteiger partial charge in [-0.05, 0) is 49.5 Å². The summed E-state index contributed by atoms with van der Waals surface area (Å²) in [6, 6.07) is 5.81. The first-order valence-corrected chi connectivity index (χ1v) is 11.2. The Hall–Kier alpha value is -2.89. The number of methoxy groups -OCH3 is 2. The van der Waals surface area contributed by atoms with Gasteiger partial charge in [0.05, 0.1) is 40.6 Å². The number of amides is 1. The molecule has 0 unspecified atom stereocenters. The standard InChI is InChI=1S/C21H32N2O5.C2H2O4/c1-25-19-11-18(12-20(13-19)26-2)16-28-15-17-3-5-22(6-4-17)14-21(24)23-7-9-27-10-8-23;3-1(4)2(5)6/h11-13,17H,3-10,14-16H2,1-2H3;(H,3,4)(H,5,6). The van der Waals surface area contributed by atoms with E-state index in [0.717, 1.165) is 62.7 Å². The average Bonchev–Trinajstić information content (AvgIpc) is 2.85. The molecule has 11 heteroatoms. The summed E-state index contributed by atoms with van der Waals surface area (Å²) in [6.07, 6.45) is 2.13. The van der Waals surface area contributed by atoms with Crippen molar-refractivity contribution in [3.8, 4) is 11.5 Å². The van der Waals surface area contributed by atoms with Gasteiger partial charge in [-0.25, -0.2) is 9.59 Å². The smallest absolute Gasteiger partial charge is 0.414 e. The Kier molecular flexibility index (Phi) is 11.6. The third kappa shape index (κ3) is 9.54. The van der Waals surface area contributed by atoms with E-state index in [1.54, 1.807) is 14.2 Å². The number of carbonyl (C=O) groups is 3. The Morgan fingerprint density at radius 3 is 2.00 bits per heavy atom. The minimum atomic E-state index is -1.82. The van der Waals surface area contributed by atoms with Crippen molar-refractivity contribution in [2.75, 3.05) is 66.8 Å². The molecule has 0 aliphatic carbocycles. The highest BCUT2D eigenvalue weighted by Crippen LogP contribution is 2.24.